The van der Waals surface area contributed by atoms with Gasteiger partial charge in [-0.05, 0) is 63.1 Å². The highest BCUT2D eigenvalue weighted by molar-refractivity contribution is 6.30. The first-order valence-electron chi connectivity index (χ1n) is 10.3. The third-order valence-corrected chi connectivity index (χ3v) is 6.40. The molecule has 0 amide bonds. The summed E-state index contributed by atoms with van der Waals surface area (Å²) in [6.45, 7) is 1.89. The summed E-state index contributed by atoms with van der Waals surface area (Å²) >= 11 is 6.08. The van der Waals surface area contributed by atoms with E-state index >= 15 is 0 Å². The first-order valence-corrected chi connectivity index (χ1v) is 10.7. The molecule has 1 unspecified atom stereocenters. The van der Waals surface area contributed by atoms with Crippen molar-refractivity contribution in [1.82, 2.24) is 0 Å². The lowest BCUT2D eigenvalue weighted by molar-refractivity contribution is -0.153. The second kappa shape index (κ2) is 8.20. The van der Waals surface area contributed by atoms with Crippen LogP contribution in [0.5, 0.6) is 0 Å². The fourth-order valence-electron chi connectivity index (χ4n) is 4.76. The molecule has 2 atom stereocenters. The highest BCUT2D eigenvalue weighted by Gasteiger charge is 2.43. The van der Waals surface area contributed by atoms with E-state index in [0.717, 1.165) is 55.5 Å². The van der Waals surface area contributed by atoms with Crippen LogP contribution >= 0.6 is 11.6 Å². The second-order valence-corrected chi connectivity index (χ2v) is 8.53. The standard InChI is InChI=1S/C23H26ClNO3/c1-14-20(23(27)28-17-6-3-2-4-7-17)21(15-10-12-16(24)13-11-15)22-18(25-14)8-5-9-19(22)26/h10-13,17,20-21H,2-9H2,1H3/t20?,21-/m1/s1. The lowest BCUT2D eigenvalue weighted by Gasteiger charge is -2.35. The molecular weight excluding hydrogens is 374 g/mol. The molecule has 0 spiro atoms. The van der Waals surface area contributed by atoms with Crippen LogP contribution in [0.1, 0.15) is 69.8 Å². The second-order valence-electron chi connectivity index (χ2n) is 8.09. The largest absolute Gasteiger partial charge is 0.462 e. The summed E-state index contributed by atoms with van der Waals surface area (Å²) in [7, 11) is 0. The van der Waals surface area contributed by atoms with Gasteiger partial charge in [-0.2, -0.15) is 0 Å². The van der Waals surface area contributed by atoms with Gasteiger partial charge < -0.3 is 4.74 Å². The van der Waals surface area contributed by atoms with E-state index in [2.05, 4.69) is 0 Å². The number of nitrogens with zero attached hydrogens (tertiary/aromatic N) is 1. The highest BCUT2D eigenvalue weighted by atomic mass is 35.5. The minimum absolute atomic E-state index is 0.0163. The summed E-state index contributed by atoms with van der Waals surface area (Å²) in [4.78, 5) is 30.8. The number of aliphatic imine (C=N–C) groups is 1. The van der Waals surface area contributed by atoms with Gasteiger partial charge in [0.2, 0.25) is 0 Å². The van der Waals surface area contributed by atoms with Gasteiger partial charge in [0.15, 0.2) is 5.78 Å². The van der Waals surface area contributed by atoms with Crippen molar-refractivity contribution in [3.63, 3.8) is 0 Å². The zero-order valence-corrected chi connectivity index (χ0v) is 17.0. The Kier molecular flexibility index (Phi) is 5.68. The first-order chi connectivity index (χ1) is 13.5. The van der Waals surface area contributed by atoms with Crippen molar-refractivity contribution in [3.05, 3.63) is 46.1 Å². The van der Waals surface area contributed by atoms with E-state index < -0.39 is 5.92 Å². The lowest BCUT2D eigenvalue weighted by atomic mass is 9.72. The average molecular weight is 400 g/mol. The van der Waals surface area contributed by atoms with E-state index in [0.29, 0.717) is 17.0 Å². The van der Waals surface area contributed by atoms with E-state index in [4.69, 9.17) is 21.3 Å². The van der Waals surface area contributed by atoms with Crippen molar-refractivity contribution in [3.8, 4) is 0 Å². The minimum Gasteiger partial charge on any atom is -0.462 e. The number of ketones is 1. The predicted octanol–water partition coefficient (Wildman–Crippen LogP) is 5.40. The topological polar surface area (TPSA) is 55.7 Å². The number of allylic oxidation sites excluding steroid dienone is 2. The fourth-order valence-corrected chi connectivity index (χ4v) is 4.89. The van der Waals surface area contributed by atoms with Crippen molar-refractivity contribution in [1.29, 1.82) is 0 Å². The van der Waals surface area contributed by atoms with Crippen LogP contribution in [0, 0.1) is 5.92 Å². The van der Waals surface area contributed by atoms with Crippen LogP contribution in [-0.4, -0.2) is 23.6 Å². The zero-order valence-electron chi connectivity index (χ0n) is 16.2. The summed E-state index contributed by atoms with van der Waals surface area (Å²) < 4.78 is 5.91. The number of hydrogen-bond donors (Lipinski definition) is 0. The van der Waals surface area contributed by atoms with Gasteiger partial charge in [-0.25, -0.2) is 0 Å². The number of carbonyl (C=O) groups excluding carboxylic acids is 2. The molecule has 0 saturated heterocycles. The van der Waals surface area contributed by atoms with Crippen molar-refractivity contribution >= 4 is 29.1 Å². The molecule has 28 heavy (non-hydrogen) atoms. The fraction of sp³-hybridized carbons (Fsp3) is 0.522. The Bertz CT molecular complexity index is 834. The van der Waals surface area contributed by atoms with Crippen LogP contribution in [0.4, 0.5) is 0 Å². The molecule has 2 aliphatic carbocycles. The Morgan fingerprint density at radius 3 is 2.50 bits per heavy atom. The molecule has 5 heteroatoms. The molecule has 4 nitrogen and oxygen atoms in total. The number of carbonyl (C=O) groups is 2. The number of esters is 1. The molecule has 1 saturated carbocycles. The average Bonchev–Trinajstić information content (AvgIpc) is 2.68. The van der Waals surface area contributed by atoms with E-state index in [1.165, 1.54) is 6.42 Å². The quantitative estimate of drug-likeness (QED) is 0.639. The van der Waals surface area contributed by atoms with Crippen molar-refractivity contribution in [2.24, 2.45) is 10.9 Å². The summed E-state index contributed by atoms with van der Waals surface area (Å²) in [5.74, 6) is -1.04. The zero-order chi connectivity index (χ0) is 19.7. The van der Waals surface area contributed by atoms with Crippen molar-refractivity contribution in [2.45, 2.75) is 70.3 Å². The van der Waals surface area contributed by atoms with Crippen LogP contribution < -0.4 is 0 Å². The maximum absolute atomic E-state index is 13.2. The molecule has 148 valence electrons. The maximum atomic E-state index is 13.2. The highest BCUT2D eigenvalue weighted by Crippen LogP contribution is 2.44. The predicted molar refractivity (Wildman–Crippen MR) is 110 cm³/mol. The van der Waals surface area contributed by atoms with Crippen LogP contribution in [0.2, 0.25) is 5.02 Å². The molecular formula is C23H26ClNO3. The molecule has 4 rings (SSSR count). The summed E-state index contributed by atoms with van der Waals surface area (Å²) in [5, 5.41) is 0.635. The monoisotopic (exact) mass is 399 g/mol. The number of halogens is 1. The van der Waals surface area contributed by atoms with Crippen molar-refractivity contribution < 1.29 is 14.3 Å². The SMILES string of the molecule is CC1=NC2=C(C(=O)CCC2)[C@H](c2ccc(Cl)cc2)C1C(=O)OC1CCCCC1. The van der Waals surface area contributed by atoms with E-state index in [9.17, 15) is 9.59 Å². The smallest absolute Gasteiger partial charge is 0.315 e. The number of ether oxygens (including phenoxy) is 1. The van der Waals surface area contributed by atoms with Gasteiger partial charge in [-0.1, -0.05) is 30.2 Å². The Balaban J connectivity index is 1.71. The lowest BCUT2D eigenvalue weighted by Crippen LogP contribution is -2.38. The molecule has 1 aliphatic heterocycles. The van der Waals surface area contributed by atoms with Crippen molar-refractivity contribution in [2.75, 3.05) is 0 Å². The van der Waals surface area contributed by atoms with Gasteiger partial charge in [0.25, 0.3) is 0 Å². The number of benzene rings is 1. The molecule has 0 bridgehead atoms. The minimum atomic E-state index is -0.552. The number of hydrogen-bond acceptors (Lipinski definition) is 4. The normalized spacial score (nSPS) is 25.9. The molecule has 0 aromatic heterocycles. The molecule has 0 radical (unpaired) electrons. The van der Waals surface area contributed by atoms with E-state index in [-0.39, 0.29) is 23.8 Å². The third-order valence-electron chi connectivity index (χ3n) is 6.15. The van der Waals surface area contributed by atoms with Gasteiger partial charge in [0, 0.05) is 34.3 Å². The number of rotatable bonds is 3. The van der Waals surface area contributed by atoms with Gasteiger partial charge in [0.1, 0.15) is 12.0 Å². The Labute approximate surface area is 171 Å². The maximum Gasteiger partial charge on any atom is 0.315 e. The molecule has 1 heterocycles. The molecule has 3 aliphatic rings. The van der Waals surface area contributed by atoms with E-state index in [1.807, 2.05) is 31.2 Å². The Hall–Kier alpha value is -1.94. The van der Waals surface area contributed by atoms with Gasteiger partial charge in [0.05, 0.1) is 0 Å². The summed E-state index contributed by atoms with van der Waals surface area (Å²) in [5.41, 5.74) is 3.21. The Morgan fingerprint density at radius 2 is 1.79 bits per heavy atom. The molecule has 1 aromatic rings. The molecule has 0 N–H and O–H groups in total. The van der Waals surface area contributed by atoms with Gasteiger partial charge in [-0.3, -0.25) is 14.6 Å². The van der Waals surface area contributed by atoms with Crippen LogP contribution in [-0.2, 0) is 14.3 Å². The van der Waals surface area contributed by atoms with Crippen LogP contribution in [0.25, 0.3) is 0 Å². The van der Waals surface area contributed by atoms with Gasteiger partial charge in [-0.15, -0.1) is 0 Å². The van der Waals surface area contributed by atoms with Crippen LogP contribution in [0.15, 0.2) is 40.5 Å². The number of Topliss-reactive ketones (excluding diaryl/α,β-unsaturated/α-hetero) is 1. The Morgan fingerprint density at radius 1 is 1.07 bits per heavy atom. The van der Waals surface area contributed by atoms with Crippen LogP contribution in [0.3, 0.4) is 0 Å². The van der Waals surface area contributed by atoms with Gasteiger partial charge >= 0.3 is 5.97 Å². The van der Waals surface area contributed by atoms with E-state index in [1.54, 1.807) is 0 Å². The summed E-state index contributed by atoms with van der Waals surface area (Å²) in [6.07, 6.45) is 7.36. The molecule has 1 aromatic carbocycles. The molecule has 1 fully saturated rings. The first kappa shape index (κ1) is 19.4. The third kappa shape index (κ3) is 3.80. The summed E-state index contributed by atoms with van der Waals surface area (Å²) in [6, 6.07) is 7.46.